The Balaban J connectivity index is 1.25. The molecule has 8 heteroatoms. The van der Waals surface area contributed by atoms with Crippen LogP contribution in [0.2, 0.25) is 0 Å². The maximum Gasteiger partial charge on any atom is 0.264 e. The Kier molecular flexibility index (Phi) is 7.03. The van der Waals surface area contributed by atoms with Crippen molar-refractivity contribution in [1.29, 1.82) is 0 Å². The molecule has 0 spiro atoms. The number of hydrogen-bond acceptors (Lipinski definition) is 7. The number of nitrogens with one attached hydrogen (secondary N) is 1. The minimum atomic E-state index is -0.281. The lowest BCUT2D eigenvalue weighted by Crippen LogP contribution is -2.35. The Hall–Kier alpha value is -3.07. The molecule has 1 aliphatic heterocycles. The van der Waals surface area contributed by atoms with Gasteiger partial charge in [0.25, 0.3) is 5.91 Å². The molecule has 31 heavy (non-hydrogen) atoms. The molecule has 0 atom stereocenters. The quantitative estimate of drug-likeness (QED) is 0.545. The van der Waals surface area contributed by atoms with Crippen LogP contribution in [-0.2, 0) is 16.1 Å². The first-order valence-corrected chi connectivity index (χ1v) is 10.9. The van der Waals surface area contributed by atoms with Crippen LogP contribution in [0.15, 0.2) is 60.0 Å². The summed E-state index contributed by atoms with van der Waals surface area (Å²) >= 11 is 1.40. The van der Waals surface area contributed by atoms with Gasteiger partial charge < -0.3 is 9.47 Å². The summed E-state index contributed by atoms with van der Waals surface area (Å²) in [7, 11) is 0. The number of ketones is 1. The third-order valence-corrected chi connectivity index (χ3v) is 5.62. The zero-order valence-corrected chi connectivity index (χ0v) is 17.8. The van der Waals surface area contributed by atoms with Crippen LogP contribution in [0.1, 0.15) is 21.6 Å². The Bertz CT molecular complexity index is 1010. The molecule has 0 unspecified atom stereocenters. The number of hydrogen-bond donors (Lipinski definition) is 1. The summed E-state index contributed by atoms with van der Waals surface area (Å²) in [5.74, 6) is 0.185. The summed E-state index contributed by atoms with van der Waals surface area (Å²) in [4.78, 5) is 31.4. The highest BCUT2D eigenvalue weighted by Crippen LogP contribution is 2.18. The van der Waals surface area contributed by atoms with Crippen molar-refractivity contribution >= 4 is 28.2 Å². The van der Waals surface area contributed by atoms with E-state index in [1.165, 1.54) is 11.3 Å². The predicted molar refractivity (Wildman–Crippen MR) is 119 cm³/mol. The summed E-state index contributed by atoms with van der Waals surface area (Å²) in [6.07, 6.45) is 0. The van der Waals surface area contributed by atoms with Gasteiger partial charge in [-0.25, -0.2) is 4.98 Å². The molecular weight excluding hydrogens is 414 g/mol. The maximum atomic E-state index is 12.4. The highest BCUT2D eigenvalue weighted by Gasteiger charge is 2.14. The monoisotopic (exact) mass is 437 g/mol. The van der Waals surface area contributed by atoms with Crippen LogP contribution in [0, 0.1) is 0 Å². The lowest BCUT2D eigenvalue weighted by molar-refractivity contribution is -0.118. The van der Waals surface area contributed by atoms with Gasteiger partial charge in [-0.2, -0.15) is 0 Å². The van der Waals surface area contributed by atoms with Crippen LogP contribution in [-0.4, -0.2) is 54.5 Å². The Labute approximate surface area is 184 Å². The normalized spacial score (nSPS) is 14.2. The maximum absolute atomic E-state index is 12.4. The van der Waals surface area contributed by atoms with Crippen molar-refractivity contribution in [2.45, 2.75) is 6.54 Å². The van der Waals surface area contributed by atoms with E-state index in [1.54, 1.807) is 36.4 Å². The topological polar surface area (TPSA) is 80.8 Å². The Morgan fingerprint density at radius 1 is 1.03 bits per heavy atom. The SMILES string of the molecule is O=C(COc1ccc(C(=O)c2ccccc2)cc1)Nc1nc(CN2CCOCC2)cs1. The van der Waals surface area contributed by atoms with Gasteiger partial charge in [0.1, 0.15) is 5.75 Å². The third-order valence-electron chi connectivity index (χ3n) is 4.81. The predicted octanol–water partition coefficient (Wildman–Crippen LogP) is 3.22. The number of benzene rings is 2. The Morgan fingerprint density at radius 2 is 1.74 bits per heavy atom. The average molecular weight is 438 g/mol. The molecule has 7 nitrogen and oxygen atoms in total. The number of carbonyl (C=O) groups is 2. The first kappa shape index (κ1) is 21.2. The van der Waals surface area contributed by atoms with Crippen molar-refractivity contribution in [3.63, 3.8) is 0 Å². The van der Waals surface area contributed by atoms with Crippen molar-refractivity contribution in [2.24, 2.45) is 0 Å². The van der Waals surface area contributed by atoms with E-state index >= 15 is 0 Å². The molecule has 1 amide bonds. The van der Waals surface area contributed by atoms with E-state index in [9.17, 15) is 9.59 Å². The van der Waals surface area contributed by atoms with Crippen molar-refractivity contribution in [1.82, 2.24) is 9.88 Å². The lowest BCUT2D eigenvalue weighted by Gasteiger charge is -2.25. The Morgan fingerprint density at radius 3 is 2.48 bits per heavy atom. The zero-order chi connectivity index (χ0) is 21.5. The molecule has 3 aromatic rings. The fourth-order valence-electron chi connectivity index (χ4n) is 3.19. The fourth-order valence-corrected chi connectivity index (χ4v) is 3.91. The molecular formula is C23H23N3O4S. The molecule has 4 rings (SSSR count). The summed E-state index contributed by atoms with van der Waals surface area (Å²) in [6, 6.07) is 15.9. The summed E-state index contributed by atoms with van der Waals surface area (Å²) in [5, 5.41) is 5.28. The molecule has 1 saturated heterocycles. The molecule has 1 N–H and O–H groups in total. The zero-order valence-electron chi connectivity index (χ0n) is 17.0. The number of anilines is 1. The van der Waals surface area contributed by atoms with Gasteiger partial charge in [0, 0.05) is 36.1 Å². The van der Waals surface area contributed by atoms with Crippen molar-refractivity contribution in [3.8, 4) is 5.75 Å². The molecule has 2 heterocycles. The number of ether oxygens (including phenoxy) is 2. The summed E-state index contributed by atoms with van der Waals surface area (Å²) in [6.45, 7) is 3.88. The molecule has 1 fully saturated rings. The van der Waals surface area contributed by atoms with Gasteiger partial charge in [-0.3, -0.25) is 19.8 Å². The minimum absolute atomic E-state index is 0.0541. The molecule has 160 valence electrons. The molecule has 2 aromatic carbocycles. The molecule has 1 aromatic heterocycles. The van der Waals surface area contributed by atoms with Crippen LogP contribution >= 0.6 is 11.3 Å². The first-order chi connectivity index (χ1) is 15.2. The molecule has 1 aliphatic rings. The number of thiazole rings is 1. The van der Waals surface area contributed by atoms with Gasteiger partial charge in [-0.1, -0.05) is 30.3 Å². The largest absolute Gasteiger partial charge is 0.484 e. The number of aromatic nitrogens is 1. The second kappa shape index (κ2) is 10.3. The highest BCUT2D eigenvalue weighted by atomic mass is 32.1. The lowest BCUT2D eigenvalue weighted by atomic mass is 10.0. The average Bonchev–Trinajstić information content (AvgIpc) is 3.25. The van der Waals surface area contributed by atoms with E-state index in [2.05, 4.69) is 15.2 Å². The molecule has 0 radical (unpaired) electrons. The number of rotatable bonds is 8. The van der Waals surface area contributed by atoms with Crippen LogP contribution in [0.25, 0.3) is 0 Å². The summed E-state index contributed by atoms with van der Waals surface area (Å²) in [5.41, 5.74) is 2.13. The third kappa shape index (κ3) is 5.97. The van der Waals surface area contributed by atoms with E-state index in [0.717, 1.165) is 38.5 Å². The first-order valence-electron chi connectivity index (χ1n) is 10.0. The van der Waals surface area contributed by atoms with Crippen LogP contribution in [0.3, 0.4) is 0 Å². The number of carbonyl (C=O) groups excluding carboxylic acids is 2. The van der Waals surface area contributed by atoms with Crippen LogP contribution < -0.4 is 10.1 Å². The summed E-state index contributed by atoms with van der Waals surface area (Å²) < 4.78 is 10.9. The van der Waals surface area contributed by atoms with E-state index in [1.807, 2.05) is 23.6 Å². The number of morpholine rings is 1. The van der Waals surface area contributed by atoms with Gasteiger partial charge in [-0.05, 0) is 24.3 Å². The van der Waals surface area contributed by atoms with Crippen molar-refractivity contribution < 1.29 is 19.1 Å². The molecule has 0 saturated carbocycles. The van der Waals surface area contributed by atoms with E-state index in [0.29, 0.717) is 22.0 Å². The number of nitrogens with zero attached hydrogens (tertiary/aromatic N) is 2. The second-order valence-corrected chi connectivity index (χ2v) is 7.95. The van der Waals surface area contributed by atoms with E-state index in [-0.39, 0.29) is 18.3 Å². The molecule has 0 aliphatic carbocycles. The van der Waals surface area contributed by atoms with Crippen molar-refractivity contribution in [2.75, 3.05) is 38.2 Å². The minimum Gasteiger partial charge on any atom is -0.484 e. The highest BCUT2D eigenvalue weighted by molar-refractivity contribution is 7.13. The smallest absolute Gasteiger partial charge is 0.264 e. The molecule has 0 bridgehead atoms. The van der Waals surface area contributed by atoms with Gasteiger partial charge >= 0.3 is 0 Å². The van der Waals surface area contributed by atoms with Crippen LogP contribution in [0.4, 0.5) is 5.13 Å². The van der Waals surface area contributed by atoms with Crippen molar-refractivity contribution in [3.05, 3.63) is 76.8 Å². The van der Waals surface area contributed by atoms with Gasteiger partial charge in [0.15, 0.2) is 17.5 Å². The van der Waals surface area contributed by atoms with Gasteiger partial charge in [-0.15, -0.1) is 11.3 Å². The van der Waals surface area contributed by atoms with Gasteiger partial charge in [0.05, 0.1) is 18.9 Å². The fraction of sp³-hybridized carbons (Fsp3) is 0.261. The van der Waals surface area contributed by atoms with E-state index < -0.39 is 0 Å². The van der Waals surface area contributed by atoms with Gasteiger partial charge in [0.2, 0.25) is 0 Å². The standard InChI is InChI=1S/C23H23N3O4S/c27-21(25-23-24-19(16-31-23)14-26-10-12-29-13-11-26)15-30-20-8-6-18(7-9-20)22(28)17-4-2-1-3-5-17/h1-9,16H,10-15H2,(H,24,25,27). The second-order valence-electron chi connectivity index (χ2n) is 7.09. The number of amides is 1. The van der Waals surface area contributed by atoms with E-state index in [4.69, 9.17) is 9.47 Å². The van der Waals surface area contributed by atoms with Crippen LogP contribution in [0.5, 0.6) is 5.75 Å².